The summed E-state index contributed by atoms with van der Waals surface area (Å²) in [7, 11) is 1.61. The molecule has 8 nitrogen and oxygen atoms in total. The zero-order valence-electron chi connectivity index (χ0n) is 17.4. The maximum atomic E-state index is 12.9. The van der Waals surface area contributed by atoms with Gasteiger partial charge in [-0.25, -0.2) is 9.97 Å². The SMILES string of the molecule is COc1cccc(-c2nc3c4ccccc4nc([C@](C)(N)C(=O)NC(C)C)n3n2)c1. The lowest BCUT2D eigenvalue weighted by Crippen LogP contribution is -2.52. The molecule has 0 saturated carbocycles. The Morgan fingerprint density at radius 2 is 1.93 bits per heavy atom. The van der Waals surface area contributed by atoms with Crippen LogP contribution in [0, 0.1) is 0 Å². The lowest BCUT2D eigenvalue weighted by molar-refractivity contribution is -0.126. The summed E-state index contributed by atoms with van der Waals surface area (Å²) in [5.74, 6) is 1.18. The Bertz CT molecular complexity index is 1250. The number of methoxy groups -OCH3 is 1. The lowest BCUT2D eigenvalue weighted by Gasteiger charge is -2.24. The minimum atomic E-state index is -1.41. The molecule has 0 aliphatic heterocycles. The van der Waals surface area contributed by atoms with E-state index in [0.29, 0.717) is 28.6 Å². The van der Waals surface area contributed by atoms with Gasteiger partial charge < -0.3 is 15.8 Å². The van der Waals surface area contributed by atoms with Crippen molar-refractivity contribution in [2.45, 2.75) is 32.4 Å². The smallest absolute Gasteiger partial charge is 0.247 e. The second kappa shape index (κ2) is 7.38. The highest BCUT2D eigenvalue weighted by Gasteiger charge is 2.36. The largest absolute Gasteiger partial charge is 0.497 e. The van der Waals surface area contributed by atoms with E-state index in [2.05, 4.69) is 10.4 Å². The van der Waals surface area contributed by atoms with Gasteiger partial charge in [-0.2, -0.15) is 4.52 Å². The second-order valence-electron chi connectivity index (χ2n) is 7.69. The number of benzene rings is 2. The first-order chi connectivity index (χ1) is 14.3. The Balaban J connectivity index is 1.98. The number of hydrogen-bond donors (Lipinski definition) is 2. The van der Waals surface area contributed by atoms with Crippen LogP contribution in [-0.4, -0.2) is 38.6 Å². The Morgan fingerprint density at radius 3 is 2.67 bits per heavy atom. The predicted octanol–water partition coefficient (Wildman–Crippen LogP) is 2.65. The van der Waals surface area contributed by atoms with Crippen LogP contribution in [0.15, 0.2) is 48.5 Å². The number of aromatic nitrogens is 4. The van der Waals surface area contributed by atoms with E-state index in [4.69, 9.17) is 20.4 Å². The number of rotatable bonds is 5. The molecule has 2 aromatic heterocycles. The molecule has 4 rings (SSSR count). The van der Waals surface area contributed by atoms with Gasteiger partial charge in [-0.1, -0.05) is 24.3 Å². The summed E-state index contributed by atoms with van der Waals surface area (Å²) in [6.07, 6.45) is 0. The number of hydrogen-bond acceptors (Lipinski definition) is 6. The molecule has 0 aliphatic rings. The van der Waals surface area contributed by atoms with Crippen LogP contribution < -0.4 is 15.8 Å². The highest BCUT2D eigenvalue weighted by Crippen LogP contribution is 2.27. The molecule has 0 aliphatic carbocycles. The summed E-state index contributed by atoms with van der Waals surface area (Å²) < 4.78 is 6.89. The van der Waals surface area contributed by atoms with Gasteiger partial charge in [-0.05, 0) is 45.0 Å². The van der Waals surface area contributed by atoms with Crippen LogP contribution in [-0.2, 0) is 10.3 Å². The molecule has 0 spiro atoms. The molecule has 154 valence electrons. The van der Waals surface area contributed by atoms with Crippen molar-refractivity contribution in [3.8, 4) is 17.1 Å². The molecule has 2 heterocycles. The normalized spacial score (nSPS) is 13.5. The summed E-state index contributed by atoms with van der Waals surface area (Å²) in [4.78, 5) is 22.3. The van der Waals surface area contributed by atoms with Gasteiger partial charge >= 0.3 is 0 Å². The van der Waals surface area contributed by atoms with Crippen molar-refractivity contribution in [3.63, 3.8) is 0 Å². The number of nitrogens with two attached hydrogens (primary N) is 1. The predicted molar refractivity (Wildman–Crippen MR) is 115 cm³/mol. The Morgan fingerprint density at radius 1 is 1.17 bits per heavy atom. The molecule has 30 heavy (non-hydrogen) atoms. The third-order valence-electron chi connectivity index (χ3n) is 4.86. The summed E-state index contributed by atoms with van der Waals surface area (Å²) in [5.41, 5.74) is 7.16. The number of carbonyl (C=O) groups excluding carboxylic acids is 1. The summed E-state index contributed by atoms with van der Waals surface area (Å²) >= 11 is 0. The monoisotopic (exact) mass is 404 g/mol. The van der Waals surface area contributed by atoms with Gasteiger partial charge in [0, 0.05) is 17.0 Å². The summed E-state index contributed by atoms with van der Waals surface area (Å²) in [6, 6.07) is 15.0. The van der Waals surface area contributed by atoms with Crippen LogP contribution in [0.5, 0.6) is 5.75 Å². The highest BCUT2D eigenvalue weighted by atomic mass is 16.5. The fourth-order valence-corrected chi connectivity index (χ4v) is 3.29. The highest BCUT2D eigenvalue weighted by molar-refractivity contribution is 5.93. The molecular formula is C22H24N6O2. The average molecular weight is 404 g/mol. The summed E-state index contributed by atoms with van der Waals surface area (Å²) in [6.45, 7) is 5.40. The molecule has 3 N–H and O–H groups in total. The Hall–Kier alpha value is -3.52. The maximum absolute atomic E-state index is 12.9. The molecule has 1 atom stereocenters. The van der Waals surface area contributed by atoms with Gasteiger partial charge in [-0.3, -0.25) is 4.79 Å². The fraction of sp³-hybridized carbons (Fsp3) is 0.273. The van der Waals surface area contributed by atoms with E-state index in [1.54, 1.807) is 18.5 Å². The lowest BCUT2D eigenvalue weighted by atomic mass is 10.0. The zero-order chi connectivity index (χ0) is 21.5. The Kier molecular flexibility index (Phi) is 4.87. The maximum Gasteiger partial charge on any atom is 0.247 e. The van der Waals surface area contributed by atoms with E-state index in [0.717, 1.165) is 10.9 Å². The number of nitrogens with zero attached hydrogens (tertiary/aromatic N) is 4. The van der Waals surface area contributed by atoms with Crippen molar-refractivity contribution < 1.29 is 9.53 Å². The first kappa shape index (κ1) is 19.8. The van der Waals surface area contributed by atoms with Gasteiger partial charge in [0.1, 0.15) is 5.75 Å². The number of nitrogens with one attached hydrogen (secondary N) is 1. The van der Waals surface area contributed by atoms with Gasteiger partial charge in [0.2, 0.25) is 5.91 Å². The van der Waals surface area contributed by atoms with Crippen molar-refractivity contribution in [1.82, 2.24) is 24.9 Å². The molecule has 0 fully saturated rings. The standard InChI is InChI=1S/C22H24N6O2/c1-13(2)24-21(29)22(3,23)20-25-17-11-6-5-10-16(17)19-26-18(27-28(19)20)14-8-7-9-15(12-14)30-4/h5-13H,23H2,1-4H3,(H,24,29)/t22-/m0/s1. The van der Waals surface area contributed by atoms with Gasteiger partial charge in [-0.15, -0.1) is 5.10 Å². The number of carbonyl (C=O) groups is 1. The minimum Gasteiger partial charge on any atom is -0.497 e. The first-order valence-electron chi connectivity index (χ1n) is 9.71. The number of para-hydroxylation sites is 1. The number of amides is 1. The summed E-state index contributed by atoms with van der Waals surface area (Å²) in [5, 5.41) is 8.35. The fourth-order valence-electron chi connectivity index (χ4n) is 3.29. The zero-order valence-corrected chi connectivity index (χ0v) is 17.4. The molecule has 0 radical (unpaired) electrons. The molecule has 0 unspecified atom stereocenters. The first-order valence-corrected chi connectivity index (χ1v) is 9.71. The number of ether oxygens (including phenoxy) is 1. The number of fused-ring (bicyclic) bond motifs is 3. The van der Waals surface area contributed by atoms with E-state index in [1.807, 2.05) is 62.4 Å². The average Bonchev–Trinajstić information content (AvgIpc) is 3.18. The van der Waals surface area contributed by atoms with Crippen LogP contribution >= 0.6 is 0 Å². The van der Waals surface area contributed by atoms with Crippen LogP contribution in [0.1, 0.15) is 26.6 Å². The van der Waals surface area contributed by atoms with Crippen molar-refractivity contribution in [2.75, 3.05) is 7.11 Å². The van der Waals surface area contributed by atoms with E-state index in [-0.39, 0.29) is 11.9 Å². The topological polar surface area (TPSA) is 107 Å². The van der Waals surface area contributed by atoms with E-state index < -0.39 is 5.54 Å². The molecule has 0 saturated heterocycles. The van der Waals surface area contributed by atoms with Gasteiger partial charge in [0.25, 0.3) is 0 Å². The molecule has 2 aromatic carbocycles. The molecule has 1 amide bonds. The van der Waals surface area contributed by atoms with E-state index in [1.165, 1.54) is 0 Å². The van der Waals surface area contributed by atoms with Crippen LogP contribution in [0.4, 0.5) is 0 Å². The quantitative estimate of drug-likeness (QED) is 0.529. The van der Waals surface area contributed by atoms with Crippen molar-refractivity contribution >= 4 is 22.5 Å². The minimum absolute atomic E-state index is 0.0561. The third-order valence-corrected chi connectivity index (χ3v) is 4.86. The van der Waals surface area contributed by atoms with Gasteiger partial charge in [0.15, 0.2) is 22.8 Å². The van der Waals surface area contributed by atoms with Crippen molar-refractivity contribution in [1.29, 1.82) is 0 Å². The van der Waals surface area contributed by atoms with Crippen LogP contribution in [0.3, 0.4) is 0 Å². The van der Waals surface area contributed by atoms with Crippen molar-refractivity contribution in [3.05, 3.63) is 54.4 Å². The second-order valence-corrected chi connectivity index (χ2v) is 7.69. The Labute approximate surface area is 174 Å². The van der Waals surface area contributed by atoms with E-state index in [9.17, 15) is 4.79 Å². The van der Waals surface area contributed by atoms with Gasteiger partial charge in [0.05, 0.1) is 12.6 Å². The van der Waals surface area contributed by atoms with Crippen LogP contribution in [0.2, 0.25) is 0 Å². The molecule has 4 aromatic rings. The third kappa shape index (κ3) is 3.35. The molecule has 0 bridgehead atoms. The van der Waals surface area contributed by atoms with Crippen LogP contribution in [0.25, 0.3) is 27.9 Å². The van der Waals surface area contributed by atoms with Crippen molar-refractivity contribution in [2.24, 2.45) is 5.73 Å². The van der Waals surface area contributed by atoms with E-state index >= 15 is 0 Å². The molecular weight excluding hydrogens is 380 g/mol. The molecule has 8 heteroatoms.